The summed E-state index contributed by atoms with van der Waals surface area (Å²) in [6.45, 7) is 4.82. The molecular formula is C22H20N2O2. The van der Waals surface area contributed by atoms with Crippen molar-refractivity contribution < 1.29 is 4.42 Å². The average Bonchev–Trinajstić information content (AvgIpc) is 2.67. The molecule has 0 fully saturated rings. The van der Waals surface area contributed by atoms with Gasteiger partial charge in [-0.25, -0.2) is 0 Å². The molecule has 0 atom stereocenters. The quantitative estimate of drug-likeness (QED) is 0.689. The number of aromatic nitrogens is 1. The number of hydrogen-bond donors (Lipinski definition) is 0. The van der Waals surface area contributed by atoms with Gasteiger partial charge in [0.15, 0.2) is 5.43 Å². The highest BCUT2D eigenvalue weighted by atomic mass is 16.3. The molecule has 2 aromatic heterocycles. The summed E-state index contributed by atoms with van der Waals surface area (Å²) in [6.07, 6.45) is 8.91. The highest BCUT2D eigenvalue weighted by Crippen LogP contribution is 2.23. The molecule has 0 N–H and O–H groups in total. The molecule has 1 aliphatic rings. The molecular weight excluding hydrogens is 324 g/mol. The van der Waals surface area contributed by atoms with Crippen LogP contribution in [0.3, 0.4) is 0 Å². The van der Waals surface area contributed by atoms with Crippen LogP contribution in [-0.2, 0) is 0 Å². The van der Waals surface area contributed by atoms with E-state index >= 15 is 0 Å². The lowest BCUT2D eigenvalue weighted by Gasteiger charge is -2.16. The van der Waals surface area contributed by atoms with Crippen LogP contribution in [0.1, 0.15) is 35.1 Å². The van der Waals surface area contributed by atoms with Gasteiger partial charge in [0.05, 0.1) is 16.7 Å². The van der Waals surface area contributed by atoms with Gasteiger partial charge in [-0.1, -0.05) is 0 Å². The molecule has 1 aromatic carbocycles. The van der Waals surface area contributed by atoms with Gasteiger partial charge in [-0.2, -0.15) is 0 Å². The van der Waals surface area contributed by atoms with Crippen molar-refractivity contribution in [3.63, 3.8) is 0 Å². The Kier molecular flexibility index (Phi) is 4.25. The maximum Gasteiger partial charge on any atom is 0.199 e. The Labute approximate surface area is 151 Å². The summed E-state index contributed by atoms with van der Waals surface area (Å²) in [5, 5.41) is 0.623. The second-order valence-corrected chi connectivity index (χ2v) is 6.70. The Morgan fingerprint density at radius 2 is 2.04 bits per heavy atom. The Morgan fingerprint density at radius 3 is 2.85 bits per heavy atom. The largest absolute Gasteiger partial charge is 0.463 e. The van der Waals surface area contributed by atoms with Gasteiger partial charge < -0.3 is 4.42 Å². The Hall–Kier alpha value is -3.01. The van der Waals surface area contributed by atoms with Crippen molar-refractivity contribution in [3.05, 3.63) is 81.0 Å². The molecule has 0 amide bonds. The van der Waals surface area contributed by atoms with E-state index in [0.717, 1.165) is 47.4 Å². The summed E-state index contributed by atoms with van der Waals surface area (Å²) in [5.74, 6) is 0. The van der Waals surface area contributed by atoms with Crippen molar-refractivity contribution in [3.8, 4) is 0 Å². The van der Waals surface area contributed by atoms with Crippen molar-refractivity contribution in [2.75, 3.05) is 6.54 Å². The third kappa shape index (κ3) is 2.99. The van der Waals surface area contributed by atoms with Gasteiger partial charge in [-0.3, -0.25) is 14.8 Å². The predicted molar refractivity (Wildman–Crippen MR) is 105 cm³/mol. The number of hydrogen-bond acceptors (Lipinski definition) is 4. The topological polar surface area (TPSA) is 55.5 Å². The van der Waals surface area contributed by atoms with Gasteiger partial charge >= 0.3 is 0 Å². The van der Waals surface area contributed by atoms with Crippen LogP contribution < -0.4 is 5.43 Å². The van der Waals surface area contributed by atoms with Crippen LogP contribution in [0, 0.1) is 13.8 Å². The van der Waals surface area contributed by atoms with Crippen LogP contribution in [0.4, 0.5) is 0 Å². The molecule has 0 saturated heterocycles. The normalized spacial score (nSPS) is 16.1. The van der Waals surface area contributed by atoms with E-state index in [4.69, 9.17) is 4.42 Å². The third-order valence-corrected chi connectivity index (χ3v) is 4.86. The summed E-state index contributed by atoms with van der Waals surface area (Å²) < 4.78 is 5.75. The Balaban J connectivity index is 1.83. The van der Waals surface area contributed by atoms with E-state index in [0.29, 0.717) is 16.5 Å². The number of fused-ring (bicyclic) bond motifs is 1. The number of aryl methyl sites for hydroxylation is 2. The average molecular weight is 344 g/mol. The lowest BCUT2D eigenvalue weighted by Crippen LogP contribution is -2.13. The minimum atomic E-state index is -0.00189. The second-order valence-electron chi connectivity index (χ2n) is 6.70. The number of nitrogens with zero attached hydrogens (tertiary/aromatic N) is 2. The zero-order valence-electron chi connectivity index (χ0n) is 15.0. The van der Waals surface area contributed by atoms with Crippen molar-refractivity contribution in [2.24, 2.45) is 4.99 Å². The SMILES string of the molecule is Cc1cc2occ(C=C3CCCN=C3c3cccnc3)c(=O)c2cc1C. The molecule has 1 aliphatic heterocycles. The van der Waals surface area contributed by atoms with Crippen LogP contribution >= 0.6 is 0 Å². The summed E-state index contributed by atoms with van der Waals surface area (Å²) in [6, 6.07) is 7.74. The number of aliphatic imine (C=N–C) groups is 1. The van der Waals surface area contributed by atoms with Gasteiger partial charge in [-0.05, 0) is 73.7 Å². The highest BCUT2D eigenvalue weighted by molar-refractivity contribution is 6.15. The monoisotopic (exact) mass is 344 g/mol. The molecule has 26 heavy (non-hydrogen) atoms. The van der Waals surface area contributed by atoms with E-state index in [2.05, 4.69) is 9.98 Å². The Bertz CT molecular complexity index is 1090. The van der Waals surface area contributed by atoms with Crippen LogP contribution in [-0.4, -0.2) is 17.2 Å². The van der Waals surface area contributed by atoms with E-state index < -0.39 is 0 Å². The summed E-state index contributed by atoms with van der Waals surface area (Å²) in [5.41, 5.74) is 6.35. The lowest BCUT2D eigenvalue weighted by atomic mass is 9.95. The molecule has 0 saturated carbocycles. The lowest BCUT2D eigenvalue weighted by molar-refractivity contribution is 0.600. The van der Waals surface area contributed by atoms with E-state index in [-0.39, 0.29) is 5.43 Å². The number of rotatable bonds is 2. The molecule has 130 valence electrons. The second kappa shape index (κ2) is 6.71. The minimum absolute atomic E-state index is 0.00189. The Morgan fingerprint density at radius 1 is 1.19 bits per heavy atom. The fourth-order valence-electron chi connectivity index (χ4n) is 3.29. The molecule has 4 rings (SSSR count). The van der Waals surface area contributed by atoms with Crippen LogP contribution in [0.15, 0.2) is 62.7 Å². The third-order valence-electron chi connectivity index (χ3n) is 4.86. The van der Waals surface area contributed by atoms with Crippen LogP contribution in [0.25, 0.3) is 17.0 Å². The van der Waals surface area contributed by atoms with Gasteiger partial charge in [0.25, 0.3) is 0 Å². The molecule has 3 heterocycles. The first kappa shape index (κ1) is 16.5. The standard InChI is InChI=1S/C22H20N2O2/c1-14-9-19-20(10-15(14)2)26-13-18(22(19)25)11-16-5-4-8-24-21(16)17-6-3-7-23-12-17/h3,6-7,9-13H,4-5,8H2,1-2H3. The highest BCUT2D eigenvalue weighted by Gasteiger charge is 2.16. The maximum absolute atomic E-state index is 13.0. The molecule has 0 spiro atoms. The van der Waals surface area contributed by atoms with Gasteiger partial charge in [-0.15, -0.1) is 0 Å². The van der Waals surface area contributed by atoms with E-state index in [1.807, 2.05) is 50.4 Å². The van der Waals surface area contributed by atoms with Gasteiger partial charge in [0.1, 0.15) is 11.8 Å². The first-order valence-electron chi connectivity index (χ1n) is 8.82. The molecule has 0 unspecified atom stereocenters. The van der Waals surface area contributed by atoms with Crippen LogP contribution in [0.5, 0.6) is 0 Å². The minimum Gasteiger partial charge on any atom is -0.463 e. The van der Waals surface area contributed by atoms with Crippen molar-refractivity contribution in [1.29, 1.82) is 0 Å². The zero-order chi connectivity index (χ0) is 18.1. The molecule has 4 nitrogen and oxygen atoms in total. The number of allylic oxidation sites excluding steroid dienone is 1. The van der Waals surface area contributed by atoms with E-state index in [1.54, 1.807) is 12.5 Å². The van der Waals surface area contributed by atoms with Crippen molar-refractivity contribution in [1.82, 2.24) is 4.98 Å². The molecule has 4 heteroatoms. The van der Waals surface area contributed by atoms with Crippen LogP contribution in [0.2, 0.25) is 0 Å². The molecule has 0 bridgehead atoms. The summed E-state index contributed by atoms with van der Waals surface area (Å²) in [7, 11) is 0. The summed E-state index contributed by atoms with van der Waals surface area (Å²) in [4.78, 5) is 21.8. The molecule has 3 aromatic rings. The number of pyridine rings is 1. The predicted octanol–water partition coefficient (Wildman–Crippen LogP) is 4.47. The number of benzene rings is 1. The van der Waals surface area contributed by atoms with Gasteiger partial charge in [0, 0.05) is 24.5 Å². The molecule has 0 aliphatic carbocycles. The van der Waals surface area contributed by atoms with Gasteiger partial charge in [0.2, 0.25) is 0 Å². The fourth-order valence-corrected chi connectivity index (χ4v) is 3.29. The first-order chi connectivity index (χ1) is 12.6. The van der Waals surface area contributed by atoms with Crippen molar-refractivity contribution >= 4 is 22.8 Å². The fraction of sp³-hybridized carbons (Fsp3) is 0.227. The maximum atomic E-state index is 13.0. The zero-order valence-corrected chi connectivity index (χ0v) is 15.0. The van der Waals surface area contributed by atoms with E-state index in [9.17, 15) is 4.79 Å². The first-order valence-corrected chi connectivity index (χ1v) is 8.82. The van der Waals surface area contributed by atoms with E-state index in [1.165, 1.54) is 0 Å². The smallest absolute Gasteiger partial charge is 0.199 e. The summed E-state index contributed by atoms with van der Waals surface area (Å²) >= 11 is 0. The molecule has 0 radical (unpaired) electrons. The van der Waals surface area contributed by atoms with Crippen molar-refractivity contribution in [2.45, 2.75) is 26.7 Å².